The van der Waals surface area contributed by atoms with Crippen molar-refractivity contribution in [3.8, 4) is 0 Å². The molecule has 0 N–H and O–H groups in total. The molecule has 2 aliphatic rings. The molecule has 0 saturated carbocycles. The van der Waals surface area contributed by atoms with E-state index in [2.05, 4.69) is 0 Å². The summed E-state index contributed by atoms with van der Waals surface area (Å²) in [6, 6.07) is 0. The highest BCUT2D eigenvalue weighted by Gasteiger charge is 2.37. The fourth-order valence-electron chi connectivity index (χ4n) is 2.77. The Bertz CT molecular complexity index is 499. The summed E-state index contributed by atoms with van der Waals surface area (Å²) in [5.41, 5.74) is 1.79. The lowest BCUT2D eigenvalue weighted by molar-refractivity contribution is -0.158. The van der Waals surface area contributed by atoms with E-state index in [0.717, 1.165) is 30.4 Å². The Morgan fingerprint density at radius 1 is 1.25 bits per heavy atom. The highest BCUT2D eigenvalue weighted by molar-refractivity contribution is 5.67. The summed E-state index contributed by atoms with van der Waals surface area (Å²) < 4.78 is 10.7. The van der Waals surface area contributed by atoms with Crippen LogP contribution in [-0.4, -0.2) is 24.1 Å². The summed E-state index contributed by atoms with van der Waals surface area (Å²) in [4.78, 5) is 22.3. The molecule has 4 heteroatoms. The van der Waals surface area contributed by atoms with E-state index in [-0.39, 0.29) is 11.9 Å². The lowest BCUT2D eigenvalue weighted by Gasteiger charge is -2.38. The molecule has 0 aromatic heterocycles. The molecule has 1 unspecified atom stereocenters. The quantitative estimate of drug-likeness (QED) is 0.744. The molecule has 0 saturated heterocycles. The summed E-state index contributed by atoms with van der Waals surface area (Å²) in [5.74, 6) is -0.518. The van der Waals surface area contributed by atoms with Crippen molar-refractivity contribution in [2.75, 3.05) is 6.61 Å². The average Bonchev–Trinajstić information content (AvgIpc) is 2.34. The summed E-state index contributed by atoms with van der Waals surface area (Å²) in [6.07, 6.45) is 11.0. The number of allylic oxidation sites excluding steroid dienone is 3. The zero-order chi connectivity index (χ0) is 14.6. The predicted molar refractivity (Wildman–Crippen MR) is 74.9 cm³/mol. The molecular weight excluding hydrogens is 256 g/mol. The second-order valence-corrected chi connectivity index (χ2v) is 5.35. The topological polar surface area (TPSA) is 52.6 Å². The van der Waals surface area contributed by atoms with E-state index in [9.17, 15) is 9.59 Å². The first kappa shape index (κ1) is 14.6. The molecule has 20 heavy (non-hydrogen) atoms. The van der Waals surface area contributed by atoms with Crippen LogP contribution in [0.3, 0.4) is 0 Å². The van der Waals surface area contributed by atoms with Crippen LogP contribution in [0.1, 0.15) is 39.5 Å². The number of hydrogen-bond donors (Lipinski definition) is 0. The van der Waals surface area contributed by atoms with Crippen molar-refractivity contribution in [1.29, 1.82) is 0 Å². The first-order chi connectivity index (χ1) is 9.51. The summed E-state index contributed by atoms with van der Waals surface area (Å²) in [5, 5.41) is 0. The minimum absolute atomic E-state index is 0.245. The minimum Gasteiger partial charge on any atom is -0.461 e. The monoisotopic (exact) mass is 276 g/mol. The Morgan fingerprint density at radius 3 is 2.75 bits per heavy atom. The van der Waals surface area contributed by atoms with Gasteiger partial charge in [-0.05, 0) is 24.0 Å². The Labute approximate surface area is 119 Å². The van der Waals surface area contributed by atoms with Crippen molar-refractivity contribution in [1.82, 2.24) is 0 Å². The second kappa shape index (κ2) is 6.07. The van der Waals surface area contributed by atoms with E-state index >= 15 is 0 Å². The van der Waals surface area contributed by atoms with Crippen molar-refractivity contribution >= 4 is 11.9 Å². The van der Waals surface area contributed by atoms with Crippen LogP contribution >= 0.6 is 0 Å². The zero-order valence-electron chi connectivity index (χ0n) is 12.0. The number of rotatable bonds is 3. The zero-order valence-corrected chi connectivity index (χ0v) is 12.0. The first-order valence-corrected chi connectivity index (χ1v) is 6.88. The third-order valence-electron chi connectivity index (χ3n) is 3.69. The number of carbonyl (C=O) groups excluding carboxylic acids is 2. The molecule has 1 atom stereocenters. The van der Waals surface area contributed by atoms with Crippen molar-refractivity contribution in [3.63, 3.8) is 0 Å². The van der Waals surface area contributed by atoms with Crippen molar-refractivity contribution in [3.05, 3.63) is 35.5 Å². The summed E-state index contributed by atoms with van der Waals surface area (Å²) in [6.45, 7) is 3.19. The molecule has 2 aliphatic carbocycles. The molecule has 0 aromatic carbocycles. The highest BCUT2D eigenvalue weighted by Crippen LogP contribution is 2.39. The van der Waals surface area contributed by atoms with Crippen molar-refractivity contribution in [2.24, 2.45) is 0 Å². The van der Waals surface area contributed by atoms with Gasteiger partial charge < -0.3 is 9.47 Å². The number of fused-ring (bicyclic) bond motifs is 2. The van der Waals surface area contributed by atoms with Gasteiger partial charge in [0.2, 0.25) is 0 Å². The molecule has 0 amide bonds. The molecule has 0 spiro atoms. The second-order valence-electron chi connectivity index (χ2n) is 5.35. The standard InChI is InChI=1S/C16H20O4/c1-12(17)19-11-15-7-9-16(20-13(2)18)8-5-3-4-6-14(15)10-16/h3-6H,7-11H2,1-2H3/b5-3-,6-4-. The van der Waals surface area contributed by atoms with Crippen molar-refractivity contribution < 1.29 is 19.1 Å². The fourth-order valence-corrected chi connectivity index (χ4v) is 2.77. The van der Waals surface area contributed by atoms with Crippen molar-refractivity contribution in [2.45, 2.75) is 45.1 Å². The molecule has 4 nitrogen and oxygen atoms in total. The van der Waals surface area contributed by atoms with Crippen LogP contribution < -0.4 is 0 Å². The Kier molecular flexibility index (Phi) is 4.42. The Balaban J connectivity index is 2.23. The first-order valence-electron chi connectivity index (χ1n) is 6.88. The van der Waals surface area contributed by atoms with Gasteiger partial charge in [0, 0.05) is 26.7 Å². The maximum absolute atomic E-state index is 11.4. The highest BCUT2D eigenvalue weighted by atomic mass is 16.6. The minimum atomic E-state index is -0.442. The van der Waals surface area contributed by atoms with Crippen LogP contribution in [0, 0.1) is 0 Å². The number of ether oxygens (including phenoxy) is 2. The maximum Gasteiger partial charge on any atom is 0.303 e. The van der Waals surface area contributed by atoms with E-state index in [4.69, 9.17) is 9.47 Å². The largest absolute Gasteiger partial charge is 0.461 e. The van der Waals surface area contributed by atoms with Crippen LogP contribution in [-0.2, 0) is 19.1 Å². The number of hydrogen-bond acceptors (Lipinski definition) is 4. The molecule has 2 bridgehead atoms. The van der Waals surface area contributed by atoms with E-state index in [0.29, 0.717) is 13.0 Å². The summed E-state index contributed by atoms with van der Waals surface area (Å²) >= 11 is 0. The average molecular weight is 276 g/mol. The molecule has 108 valence electrons. The fraction of sp³-hybridized carbons (Fsp3) is 0.500. The third kappa shape index (κ3) is 3.59. The number of esters is 2. The smallest absolute Gasteiger partial charge is 0.303 e. The Morgan fingerprint density at radius 2 is 2.05 bits per heavy atom. The lowest BCUT2D eigenvalue weighted by Crippen LogP contribution is -2.37. The van der Waals surface area contributed by atoms with E-state index < -0.39 is 5.60 Å². The van der Waals surface area contributed by atoms with Gasteiger partial charge in [0.25, 0.3) is 0 Å². The van der Waals surface area contributed by atoms with Crippen LogP contribution in [0.5, 0.6) is 0 Å². The van der Waals surface area contributed by atoms with E-state index in [1.54, 1.807) is 0 Å². The molecular formula is C16H20O4. The number of carbonyl (C=O) groups is 2. The molecule has 0 heterocycles. The van der Waals surface area contributed by atoms with Gasteiger partial charge in [-0.15, -0.1) is 0 Å². The van der Waals surface area contributed by atoms with Crippen LogP contribution in [0.4, 0.5) is 0 Å². The van der Waals surface area contributed by atoms with Gasteiger partial charge in [-0.1, -0.05) is 24.3 Å². The molecule has 2 rings (SSSR count). The van der Waals surface area contributed by atoms with E-state index in [1.165, 1.54) is 13.8 Å². The maximum atomic E-state index is 11.4. The van der Waals surface area contributed by atoms with Gasteiger partial charge in [0.1, 0.15) is 12.2 Å². The van der Waals surface area contributed by atoms with Gasteiger partial charge in [0.05, 0.1) is 0 Å². The van der Waals surface area contributed by atoms with Crippen LogP contribution in [0.25, 0.3) is 0 Å². The van der Waals surface area contributed by atoms with Gasteiger partial charge in [-0.25, -0.2) is 0 Å². The van der Waals surface area contributed by atoms with Gasteiger partial charge in [-0.3, -0.25) is 9.59 Å². The molecule has 0 aromatic rings. The van der Waals surface area contributed by atoms with Crippen LogP contribution in [0.15, 0.2) is 35.5 Å². The van der Waals surface area contributed by atoms with Gasteiger partial charge >= 0.3 is 11.9 Å². The van der Waals surface area contributed by atoms with Crippen LogP contribution in [0.2, 0.25) is 0 Å². The lowest BCUT2D eigenvalue weighted by atomic mass is 9.77. The molecule has 0 aliphatic heterocycles. The van der Waals surface area contributed by atoms with E-state index in [1.807, 2.05) is 24.3 Å². The van der Waals surface area contributed by atoms with Gasteiger partial charge in [0.15, 0.2) is 0 Å². The normalized spacial score (nSPS) is 28.1. The summed E-state index contributed by atoms with van der Waals surface area (Å²) in [7, 11) is 0. The molecule has 0 radical (unpaired) electrons. The Hall–Kier alpha value is -1.84. The molecule has 0 fully saturated rings. The predicted octanol–water partition coefficient (Wildman–Crippen LogP) is 2.85. The SMILES string of the molecule is CC(=O)OCC1=C2/C=C\C=C/CC(OC(C)=O)(CC1)C2. The van der Waals surface area contributed by atoms with Gasteiger partial charge in [-0.2, -0.15) is 0 Å². The third-order valence-corrected chi connectivity index (χ3v) is 3.69.